The number of carboxylic acid groups (broad SMARTS) is 2. The fourth-order valence-corrected chi connectivity index (χ4v) is 13.9. The van der Waals surface area contributed by atoms with Crippen molar-refractivity contribution in [3.05, 3.63) is 12.2 Å². The lowest BCUT2D eigenvalue weighted by molar-refractivity contribution is -0.252. The molecule has 0 radical (unpaired) electrons. The quantitative estimate of drug-likeness (QED) is 0.150. The van der Waals surface area contributed by atoms with E-state index in [4.69, 9.17) is 9.47 Å². The molecule has 294 valence electrons. The maximum Gasteiger partial charge on any atom is 0.306 e. The Bertz CT molecular complexity index is 1440. The van der Waals surface area contributed by atoms with Crippen LogP contribution >= 0.6 is 0 Å². The first-order chi connectivity index (χ1) is 23.8. The molecule has 0 spiro atoms. The van der Waals surface area contributed by atoms with Gasteiger partial charge < -0.3 is 19.7 Å². The highest BCUT2D eigenvalue weighted by atomic mass is 16.5. The number of carbonyl (C=O) groups excluding carboxylic acids is 2. The molecule has 2 N–H and O–H groups in total. The second-order valence-electron chi connectivity index (χ2n) is 21.4. The van der Waals surface area contributed by atoms with Gasteiger partial charge >= 0.3 is 23.9 Å². The summed E-state index contributed by atoms with van der Waals surface area (Å²) in [6, 6.07) is 0. The minimum atomic E-state index is -0.899. The highest BCUT2D eigenvalue weighted by Gasteiger charge is 2.71. The van der Waals surface area contributed by atoms with Crippen LogP contribution in [0.15, 0.2) is 12.2 Å². The van der Waals surface area contributed by atoms with Crippen molar-refractivity contribution in [2.45, 2.75) is 165 Å². The number of fused-ring (bicyclic) bond motifs is 7. The second kappa shape index (κ2) is 13.7. The Morgan fingerprint density at radius 1 is 0.692 bits per heavy atom. The molecule has 0 heterocycles. The van der Waals surface area contributed by atoms with Gasteiger partial charge in [-0.1, -0.05) is 74.5 Å². The molecule has 0 bridgehead atoms. The van der Waals surface area contributed by atoms with Crippen molar-refractivity contribution in [3.63, 3.8) is 0 Å². The molecular weight excluding hydrogens is 656 g/mol. The number of carboxylic acids is 2. The van der Waals surface area contributed by atoms with Gasteiger partial charge in [-0.3, -0.25) is 19.2 Å². The SMILES string of the molecule is C=C(C)[C@@H]1CC[C@]2(COC(=O)CC(C)(C)CC(=O)O)CC[C@]3(C)[C@H](CC[C@@H]4[C@@]5(C)CC[C@H](OC(=O)CC(C)(C)CC(=O)O)C(C)(C)[C@@H]5CC[C@]43C)[C@@H]12. The van der Waals surface area contributed by atoms with Gasteiger partial charge in [-0.05, 0) is 128 Å². The third kappa shape index (κ3) is 7.11. The second-order valence-corrected chi connectivity index (χ2v) is 21.4. The van der Waals surface area contributed by atoms with Gasteiger partial charge in [-0.25, -0.2) is 0 Å². The van der Waals surface area contributed by atoms with Crippen LogP contribution in [-0.2, 0) is 28.7 Å². The van der Waals surface area contributed by atoms with Crippen LogP contribution in [0, 0.1) is 67.5 Å². The van der Waals surface area contributed by atoms with Gasteiger partial charge in [0.2, 0.25) is 0 Å². The van der Waals surface area contributed by atoms with E-state index in [0.29, 0.717) is 36.2 Å². The van der Waals surface area contributed by atoms with Crippen molar-refractivity contribution in [2.75, 3.05) is 6.61 Å². The predicted molar refractivity (Wildman–Crippen MR) is 201 cm³/mol. The zero-order chi connectivity index (χ0) is 38.9. The molecule has 5 saturated carbocycles. The topological polar surface area (TPSA) is 127 Å². The molecule has 0 aromatic carbocycles. The molecule has 10 atom stereocenters. The standard InChI is InChI=1S/C44H70O8/c1-27(2)28-14-19-44(26-51-35(49)24-38(3,4)22-33(45)46)21-20-42(10)29(37(28)44)12-13-31-41(9)17-16-32(40(7,8)30(41)15-18-43(31,42)11)52-36(50)25-39(5,6)23-34(47)48/h28-32,37H,1,12-26H2,2-11H3,(H,45,46)(H,47,48)/t28-,29+,30-,31+,32-,37+,41-,42+,43+,44+/m0/s1. The van der Waals surface area contributed by atoms with Crippen LogP contribution in [0.3, 0.4) is 0 Å². The van der Waals surface area contributed by atoms with Gasteiger partial charge in [0.15, 0.2) is 0 Å². The van der Waals surface area contributed by atoms with Gasteiger partial charge in [-0.15, -0.1) is 0 Å². The van der Waals surface area contributed by atoms with Gasteiger partial charge in [0.25, 0.3) is 0 Å². The Hall–Kier alpha value is -2.38. The zero-order valence-electron chi connectivity index (χ0n) is 34.1. The predicted octanol–water partition coefficient (Wildman–Crippen LogP) is 9.88. The molecule has 0 unspecified atom stereocenters. The molecule has 0 aliphatic heterocycles. The van der Waals surface area contributed by atoms with Crippen LogP contribution in [0.2, 0.25) is 0 Å². The summed E-state index contributed by atoms with van der Waals surface area (Å²) in [5, 5.41) is 18.7. The van der Waals surface area contributed by atoms with E-state index in [2.05, 4.69) is 48.1 Å². The summed E-state index contributed by atoms with van der Waals surface area (Å²) in [5.41, 5.74) is 0.0586. The van der Waals surface area contributed by atoms with Crippen LogP contribution in [0.5, 0.6) is 0 Å². The Kier molecular flexibility index (Phi) is 10.8. The lowest BCUT2D eigenvalue weighted by atomic mass is 9.32. The molecule has 5 rings (SSSR count). The third-order valence-electron chi connectivity index (χ3n) is 16.5. The van der Waals surface area contributed by atoms with Crippen LogP contribution in [0.1, 0.15) is 159 Å². The van der Waals surface area contributed by atoms with Gasteiger partial charge in [0, 0.05) is 10.8 Å². The zero-order valence-corrected chi connectivity index (χ0v) is 34.1. The first kappa shape index (κ1) is 40.8. The largest absolute Gasteiger partial charge is 0.481 e. The first-order valence-electron chi connectivity index (χ1n) is 20.3. The highest BCUT2D eigenvalue weighted by Crippen LogP contribution is 2.77. The molecular formula is C44H70O8. The van der Waals surface area contributed by atoms with E-state index in [1.165, 1.54) is 12.0 Å². The van der Waals surface area contributed by atoms with Crippen LogP contribution < -0.4 is 0 Å². The Morgan fingerprint density at radius 3 is 1.87 bits per heavy atom. The molecule has 8 heteroatoms. The van der Waals surface area contributed by atoms with Crippen LogP contribution in [0.4, 0.5) is 0 Å². The number of carbonyl (C=O) groups is 4. The third-order valence-corrected chi connectivity index (χ3v) is 16.5. The number of allylic oxidation sites excluding steroid dienone is 1. The molecule has 5 aliphatic rings. The van der Waals surface area contributed by atoms with E-state index in [1.807, 2.05) is 27.7 Å². The number of rotatable bonds is 12. The van der Waals surface area contributed by atoms with E-state index < -0.39 is 22.8 Å². The summed E-state index contributed by atoms with van der Waals surface area (Å²) in [7, 11) is 0. The maximum absolute atomic E-state index is 13.2. The average molecular weight is 727 g/mol. The summed E-state index contributed by atoms with van der Waals surface area (Å²) in [6.07, 6.45) is 10.6. The van der Waals surface area contributed by atoms with Crippen molar-refractivity contribution in [3.8, 4) is 0 Å². The van der Waals surface area contributed by atoms with E-state index in [0.717, 1.165) is 57.8 Å². The minimum Gasteiger partial charge on any atom is -0.481 e. The molecule has 0 aromatic heterocycles. The van der Waals surface area contributed by atoms with Crippen molar-refractivity contribution in [1.29, 1.82) is 0 Å². The summed E-state index contributed by atoms with van der Waals surface area (Å²) in [6.45, 7) is 26.8. The normalized spacial score (nSPS) is 39.6. The Balaban J connectivity index is 1.36. The van der Waals surface area contributed by atoms with E-state index >= 15 is 0 Å². The lowest BCUT2D eigenvalue weighted by Crippen LogP contribution is -2.67. The monoisotopic (exact) mass is 727 g/mol. The number of esters is 2. The maximum atomic E-state index is 13.2. The minimum absolute atomic E-state index is 0.0654. The van der Waals surface area contributed by atoms with E-state index in [9.17, 15) is 29.4 Å². The van der Waals surface area contributed by atoms with Crippen LogP contribution in [-0.4, -0.2) is 46.8 Å². The van der Waals surface area contributed by atoms with Gasteiger partial charge in [-0.2, -0.15) is 0 Å². The molecule has 5 fully saturated rings. The van der Waals surface area contributed by atoms with Gasteiger partial charge in [0.05, 0.1) is 32.3 Å². The fourth-order valence-electron chi connectivity index (χ4n) is 13.9. The molecule has 0 amide bonds. The number of hydrogen-bond acceptors (Lipinski definition) is 6. The molecule has 8 nitrogen and oxygen atoms in total. The fraction of sp³-hybridized carbons (Fsp3) is 0.864. The van der Waals surface area contributed by atoms with Crippen molar-refractivity contribution >= 4 is 23.9 Å². The van der Waals surface area contributed by atoms with Gasteiger partial charge in [0.1, 0.15) is 6.10 Å². The number of ether oxygens (including phenoxy) is 2. The van der Waals surface area contributed by atoms with E-state index in [1.54, 1.807) is 0 Å². The number of aliphatic carboxylic acids is 2. The average Bonchev–Trinajstić information content (AvgIpc) is 3.36. The lowest BCUT2D eigenvalue weighted by Gasteiger charge is -2.73. The summed E-state index contributed by atoms with van der Waals surface area (Å²) in [4.78, 5) is 49.2. The molecule has 5 aliphatic carbocycles. The molecule has 0 saturated heterocycles. The summed E-state index contributed by atoms with van der Waals surface area (Å²) in [5.74, 6) is -0.0860. The van der Waals surface area contributed by atoms with Crippen molar-refractivity contribution in [1.82, 2.24) is 0 Å². The van der Waals surface area contributed by atoms with Crippen LogP contribution in [0.25, 0.3) is 0 Å². The smallest absolute Gasteiger partial charge is 0.306 e. The van der Waals surface area contributed by atoms with E-state index in [-0.39, 0.29) is 70.8 Å². The summed E-state index contributed by atoms with van der Waals surface area (Å²) >= 11 is 0. The van der Waals surface area contributed by atoms with Crippen molar-refractivity contribution < 1.29 is 38.9 Å². The molecule has 52 heavy (non-hydrogen) atoms. The van der Waals surface area contributed by atoms with Crippen molar-refractivity contribution in [2.24, 2.45) is 67.5 Å². The molecule has 0 aromatic rings. The Morgan fingerprint density at radius 2 is 1.29 bits per heavy atom. The summed E-state index contributed by atoms with van der Waals surface area (Å²) < 4.78 is 12.4. The Labute approximate surface area is 313 Å². The first-order valence-corrected chi connectivity index (χ1v) is 20.3. The number of hydrogen-bond donors (Lipinski definition) is 2. The highest BCUT2D eigenvalue weighted by molar-refractivity contribution is 5.74.